The number of aliphatic carboxylic acids is 1. The number of rotatable bonds is 5. The van der Waals surface area contributed by atoms with E-state index in [4.69, 9.17) is 17.3 Å². The van der Waals surface area contributed by atoms with Crippen LogP contribution < -0.4 is 0 Å². The number of amides is 1. The number of aryl methyl sites for hydroxylation is 1. The van der Waals surface area contributed by atoms with Gasteiger partial charge in [0.05, 0.1) is 4.91 Å². The summed E-state index contributed by atoms with van der Waals surface area (Å²) in [7, 11) is 0. The highest BCUT2D eigenvalue weighted by Gasteiger charge is 2.31. The number of hydrogen-bond donors (Lipinski definition) is 1. The van der Waals surface area contributed by atoms with Crippen molar-refractivity contribution in [1.29, 1.82) is 0 Å². The zero-order chi connectivity index (χ0) is 15.4. The summed E-state index contributed by atoms with van der Waals surface area (Å²) in [5.74, 6) is -1.01. The minimum atomic E-state index is -0.865. The van der Waals surface area contributed by atoms with Crippen molar-refractivity contribution >= 4 is 46.3 Å². The maximum Gasteiger partial charge on any atom is 0.303 e. The lowest BCUT2D eigenvalue weighted by molar-refractivity contribution is -0.137. The number of carboxylic acids is 1. The van der Waals surface area contributed by atoms with Crippen LogP contribution in [-0.2, 0) is 9.59 Å². The number of thiocarbonyl (C=S) groups is 1. The Balaban J connectivity index is 2.06. The minimum Gasteiger partial charge on any atom is -0.481 e. The number of carboxylic acid groups (broad SMARTS) is 1. The summed E-state index contributed by atoms with van der Waals surface area (Å²) in [5.41, 5.74) is 2.11. The normalized spacial score (nSPS) is 16.8. The molecule has 1 N–H and O–H groups in total. The standard InChI is InChI=1S/C15H15NO3S2/c1-10-4-6-11(7-5-10)9-12-14(19)16(15(20)21-12)8-2-3-13(17)18/h4-7,9H,2-3,8H2,1H3,(H,17,18)/b12-9-. The Bertz CT molecular complexity index is 608. The topological polar surface area (TPSA) is 57.6 Å². The summed E-state index contributed by atoms with van der Waals surface area (Å²) in [6, 6.07) is 7.87. The van der Waals surface area contributed by atoms with E-state index < -0.39 is 5.97 Å². The largest absolute Gasteiger partial charge is 0.481 e. The van der Waals surface area contributed by atoms with E-state index in [1.807, 2.05) is 37.3 Å². The van der Waals surface area contributed by atoms with Gasteiger partial charge in [0, 0.05) is 13.0 Å². The van der Waals surface area contributed by atoms with Crippen LogP contribution in [0, 0.1) is 6.92 Å². The number of carbonyl (C=O) groups excluding carboxylic acids is 1. The molecule has 0 atom stereocenters. The van der Waals surface area contributed by atoms with Crippen LogP contribution in [0.4, 0.5) is 0 Å². The molecule has 0 unspecified atom stereocenters. The fourth-order valence-electron chi connectivity index (χ4n) is 1.90. The second-order valence-corrected chi connectivity index (χ2v) is 6.42. The number of thioether (sulfide) groups is 1. The van der Waals surface area contributed by atoms with Crippen molar-refractivity contribution in [1.82, 2.24) is 4.90 Å². The molecule has 1 fully saturated rings. The molecule has 0 aliphatic carbocycles. The van der Waals surface area contributed by atoms with Crippen molar-refractivity contribution < 1.29 is 14.7 Å². The van der Waals surface area contributed by atoms with Crippen LogP contribution in [0.3, 0.4) is 0 Å². The molecule has 1 aliphatic heterocycles. The third-order valence-electron chi connectivity index (χ3n) is 3.02. The summed E-state index contributed by atoms with van der Waals surface area (Å²) in [6.45, 7) is 2.36. The molecule has 0 spiro atoms. The molecule has 1 saturated heterocycles. The van der Waals surface area contributed by atoms with Gasteiger partial charge in [-0.2, -0.15) is 0 Å². The van der Waals surface area contributed by atoms with Gasteiger partial charge in [-0.05, 0) is 25.0 Å². The SMILES string of the molecule is Cc1ccc(/C=C2\SC(=S)N(CCCC(=O)O)C2=O)cc1. The number of benzene rings is 1. The van der Waals surface area contributed by atoms with Crippen molar-refractivity contribution in [3.05, 3.63) is 40.3 Å². The van der Waals surface area contributed by atoms with Crippen molar-refractivity contribution in [2.75, 3.05) is 6.54 Å². The number of hydrogen-bond acceptors (Lipinski definition) is 4. The van der Waals surface area contributed by atoms with Gasteiger partial charge in [0.2, 0.25) is 0 Å². The van der Waals surface area contributed by atoms with E-state index in [1.54, 1.807) is 0 Å². The van der Waals surface area contributed by atoms with Crippen molar-refractivity contribution in [2.24, 2.45) is 0 Å². The average Bonchev–Trinajstić information content (AvgIpc) is 2.68. The van der Waals surface area contributed by atoms with Gasteiger partial charge < -0.3 is 5.11 Å². The zero-order valence-corrected chi connectivity index (χ0v) is 13.2. The lowest BCUT2D eigenvalue weighted by Crippen LogP contribution is -2.29. The van der Waals surface area contributed by atoms with Gasteiger partial charge in [-0.1, -0.05) is 53.8 Å². The molecule has 1 aromatic rings. The Morgan fingerprint density at radius 2 is 2.05 bits per heavy atom. The minimum absolute atomic E-state index is 0.0358. The van der Waals surface area contributed by atoms with Gasteiger partial charge >= 0.3 is 5.97 Å². The van der Waals surface area contributed by atoms with Crippen LogP contribution in [-0.4, -0.2) is 32.7 Å². The third-order valence-corrected chi connectivity index (χ3v) is 4.40. The first-order valence-corrected chi connectivity index (χ1v) is 7.73. The monoisotopic (exact) mass is 321 g/mol. The Hall–Kier alpha value is -1.66. The predicted octanol–water partition coefficient (Wildman–Crippen LogP) is 3.06. The van der Waals surface area contributed by atoms with E-state index >= 15 is 0 Å². The first-order chi connectivity index (χ1) is 9.97. The summed E-state index contributed by atoms with van der Waals surface area (Å²) in [6.07, 6.45) is 2.25. The average molecular weight is 321 g/mol. The zero-order valence-electron chi connectivity index (χ0n) is 11.5. The number of nitrogens with zero attached hydrogens (tertiary/aromatic N) is 1. The maximum absolute atomic E-state index is 12.3. The second-order valence-electron chi connectivity index (χ2n) is 4.74. The van der Waals surface area contributed by atoms with Crippen LogP contribution >= 0.6 is 24.0 Å². The van der Waals surface area contributed by atoms with E-state index in [2.05, 4.69) is 0 Å². The molecule has 2 rings (SSSR count). The van der Waals surface area contributed by atoms with Crippen LogP contribution in [0.15, 0.2) is 29.2 Å². The Morgan fingerprint density at radius 3 is 2.67 bits per heavy atom. The van der Waals surface area contributed by atoms with Gasteiger partial charge in [0.25, 0.3) is 5.91 Å². The van der Waals surface area contributed by atoms with Gasteiger partial charge in [0.15, 0.2) is 0 Å². The van der Waals surface area contributed by atoms with Gasteiger partial charge in [-0.15, -0.1) is 0 Å². The summed E-state index contributed by atoms with van der Waals surface area (Å²) >= 11 is 6.45. The molecule has 6 heteroatoms. The van der Waals surface area contributed by atoms with Gasteiger partial charge in [-0.25, -0.2) is 0 Å². The Labute approximate surface area is 132 Å². The lowest BCUT2D eigenvalue weighted by Gasteiger charge is -2.13. The molecule has 21 heavy (non-hydrogen) atoms. The van der Waals surface area contributed by atoms with Gasteiger partial charge in [0.1, 0.15) is 4.32 Å². The van der Waals surface area contributed by atoms with E-state index in [9.17, 15) is 9.59 Å². The van der Waals surface area contributed by atoms with Crippen LogP contribution in [0.5, 0.6) is 0 Å². The fraction of sp³-hybridized carbons (Fsp3) is 0.267. The second kappa shape index (κ2) is 6.87. The summed E-state index contributed by atoms with van der Waals surface area (Å²) in [5, 5.41) is 8.64. The summed E-state index contributed by atoms with van der Waals surface area (Å²) in [4.78, 5) is 24.8. The molecule has 0 radical (unpaired) electrons. The molecule has 1 amide bonds. The Kier molecular flexibility index (Phi) is 5.14. The van der Waals surface area contributed by atoms with E-state index in [-0.39, 0.29) is 12.3 Å². The fourth-order valence-corrected chi connectivity index (χ4v) is 3.20. The predicted molar refractivity (Wildman–Crippen MR) is 87.9 cm³/mol. The van der Waals surface area contributed by atoms with Crippen molar-refractivity contribution in [3.8, 4) is 0 Å². The molecular formula is C15H15NO3S2. The van der Waals surface area contributed by atoms with Crippen molar-refractivity contribution in [2.45, 2.75) is 19.8 Å². The molecule has 0 aromatic heterocycles. The van der Waals surface area contributed by atoms with E-state index in [0.29, 0.717) is 22.2 Å². The van der Waals surface area contributed by atoms with Crippen molar-refractivity contribution in [3.63, 3.8) is 0 Å². The van der Waals surface area contributed by atoms with Crippen LogP contribution in [0.25, 0.3) is 6.08 Å². The molecule has 4 nitrogen and oxygen atoms in total. The molecule has 0 saturated carbocycles. The highest BCUT2D eigenvalue weighted by molar-refractivity contribution is 8.26. The lowest BCUT2D eigenvalue weighted by atomic mass is 10.1. The molecular weight excluding hydrogens is 306 g/mol. The maximum atomic E-state index is 12.3. The first-order valence-electron chi connectivity index (χ1n) is 6.51. The third kappa shape index (κ3) is 4.15. The first kappa shape index (κ1) is 15.7. The summed E-state index contributed by atoms with van der Waals surface area (Å²) < 4.78 is 0.490. The van der Waals surface area contributed by atoms with Gasteiger partial charge in [-0.3, -0.25) is 14.5 Å². The highest BCUT2D eigenvalue weighted by Crippen LogP contribution is 2.32. The molecule has 110 valence electrons. The van der Waals surface area contributed by atoms with E-state index in [1.165, 1.54) is 16.7 Å². The Morgan fingerprint density at radius 1 is 1.38 bits per heavy atom. The molecule has 1 heterocycles. The highest BCUT2D eigenvalue weighted by atomic mass is 32.2. The quantitative estimate of drug-likeness (QED) is 0.667. The van der Waals surface area contributed by atoms with E-state index in [0.717, 1.165) is 11.1 Å². The molecule has 1 aromatic carbocycles. The molecule has 1 aliphatic rings. The van der Waals surface area contributed by atoms with Crippen LogP contribution in [0.2, 0.25) is 0 Å². The smallest absolute Gasteiger partial charge is 0.303 e. The molecule has 0 bridgehead atoms. The number of carbonyl (C=O) groups is 2. The van der Waals surface area contributed by atoms with Crippen LogP contribution in [0.1, 0.15) is 24.0 Å².